The molecule has 2 aromatic rings. The van der Waals surface area contributed by atoms with Crippen molar-refractivity contribution in [2.75, 3.05) is 0 Å². The molecule has 0 aromatic carbocycles. The molecule has 0 amide bonds. The van der Waals surface area contributed by atoms with Crippen LogP contribution in [0.4, 0.5) is 13.2 Å². The zero-order valence-electron chi connectivity index (χ0n) is 12.7. The summed E-state index contributed by atoms with van der Waals surface area (Å²) in [7, 11) is 0. The van der Waals surface area contributed by atoms with Gasteiger partial charge in [-0.25, -0.2) is 4.98 Å². The molecular weight excluding hydrogens is 327 g/mol. The fourth-order valence-electron chi connectivity index (χ4n) is 2.67. The molecule has 3 rings (SSSR count). The molecule has 1 fully saturated rings. The predicted octanol–water partition coefficient (Wildman–Crippen LogP) is 4.32. The number of nitrogens with zero attached hydrogens (tertiary/aromatic N) is 2. The maximum atomic E-state index is 13.5. The van der Waals surface area contributed by atoms with Crippen molar-refractivity contribution in [1.29, 1.82) is 0 Å². The van der Waals surface area contributed by atoms with Crippen LogP contribution in [0.2, 0.25) is 0 Å². The summed E-state index contributed by atoms with van der Waals surface area (Å²) in [6.07, 6.45) is -2.31. The van der Waals surface area contributed by atoms with Crippen LogP contribution >= 0.6 is 12.2 Å². The van der Waals surface area contributed by atoms with Crippen LogP contribution in [0.5, 0.6) is 0 Å². The van der Waals surface area contributed by atoms with Crippen LogP contribution in [0.3, 0.4) is 0 Å². The summed E-state index contributed by atoms with van der Waals surface area (Å²) >= 11 is 5.16. The largest absolute Gasteiger partial charge is 0.417 e. The number of nitrogens with one attached hydrogen (secondary N) is 1. The zero-order valence-corrected chi connectivity index (χ0v) is 13.5. The van der Waals surface area contributed by atoms with Gasteiger partial charge in [0.1, 0.15) is 5.65 Å². The molecule has 1 atom stereocenters. The Morgan fingerprint density at radius 1 is 1.48 bits per heavy atom. The van der Waals surface area contributed by atoms with Gasteiger partial charge in [-0.2, -0.15) is 13.2 Å². The number of hydrogen-bond donors (Lipinski definition) is 1. The third-order valence-corrected chi connectivity index (χ3v) is 4.55. The van der Waals surface area contributed by atoms with Crippen molar-refractivity contribution in [1.82, 2.24) is 14.5 Å². The molecule has 0 aliphatic heterocycles. The van der Waals surface area contributed by atoms with Crippen molar-refractivity contribution in [3.63, 3.8) is 0 Å². The van der Waals surface area contributed by atoms with E-state index in [1.54, 1.807) is 0 Å². The Bertz CT molecular complexity index is 880. The monoisotopic (exact) mass is 343 g/mol. The molecule has 0 saturated heterocycles. The van der Waals surface area contributed by atoms with Crippen LogP contribution < -0.4 is 5.56 Å². The second-order valence-electron chi connectivity index (χ2n) is 5.95. The molecule has 1 aliphatic carbocycles. The molecule has 8 heteroatoms. The number of aromatic amines is 1. The number of aromatic nitrogens is 3. The van der Waals surface area contributed by atoms with Gasteiger partial charge in [-0.3, -0.25) is 14.3 Å². The summed E-state index contributed by atoms with van der Waals surface area (Å²) in [6, 6.07) is 0.851. The minimum absolute atomic E-state index is 0.0322. The molecule has 0 bridgehead atoms. The van der Waals surface area contributed by atoms with E-state index in [9.17, 15) is 18.0 Å². The first-order valence-corrected chi connectivity index (χ1v) is 7.91. The van der Waals surface area contributed by atoms with Crippen molar-refractivity contribution in [2.45, 2.75) is 51.2 Å². The van der Waals surface area contributed by atoms with Gasteiger partial charge < -0.3 is 0 Å². The standard InChI is InChI=1S/C15H16F3N3OS/c1-3-7(2)21-12-11(13(22)20-14(21)23)9(15(16,17)18)6-10(19-12)8-4-5-8/h6-8H,3-5H2,1-2H3,(H,20,22,23)/t7-/m1/s1. The molecule has 2 heterocycles. The van der Waals surface area contributed by atoms with E-state index in [-0.39, 0.29) is 22.4 Å². The minimum Gasteiger partial charge on any atom is -0.300 e. The van der Waals surface area contributed by atoms with E-state index in [0.717, 1.165) is 18.9 Å². The average Bonchev–Trinajstić information content (AvgIpc) is 3.29. The van der Waals surface area contributed by atoms with Gasteiger partial charge in [-0.1, -0.05) is 6.92 Å². The van der Waals surface area contributed by atoms with Crippen molar-refractivity contribution < 1.29 is 13.2 Å². The van der Waals surface area contributed by atoms with E-state index in [0.29, 0.717) is 12.1 Å². The molecule has 4 nitrogen and oxygen atoms in total. The van der Waals surface area contributed by atoms with E-state index in [2.05, 4.69) is 9.97 Å². The topological polar surface area (TPSA) is 50.7 Å². The van der Waals surface area contributed by atoms with E-state index in [1.807, 2.05) is 13.8 Å². The highest BCUT2D eigenvalue weighted by Gasteiger charge is 2.37. The average molecular weight is 343 g/mol. The van der Waals surface area contributed by atoms with Crippen molar-refractivity contribution in [3.8, 4) is 0 Å². The summed E-state index contributed by atoms with van der Waals surface area (Å²) in [5, 5.41) is -0.434. The van der Waals surface area contributed by atoms with Crippen LogP contribution in [0, 0.1) is 4.77 Å². The molecule has 124 valence electrons. The smallest absolute Gasteiger partial charge is 0.300 e. The van der Waals surface area contributed by atoms with Crippen molar-refractivity contribution in [2.24, 2.45) is 0 Å². The lowest BCUT2D eigenvalue weighted by molar-refractivity contribution is -0.136. The maximum Gasteiger partial charge on any atom is 0.417 e. The van der Waals surface area contributed by atoms with E-state index in [4.69, 9.17) is 12.2 Å². The number of H-pyrrole nitrogens is 1. The number of halogens is 3. The Balaban J connectivity index is 2.48. The van der Waals surface area contributed by atoms with Gasteiger partial charge in [0, 0.05) is 17.7 Å². The second kappa shape index (κ2) is 5.43. The molecule has 23 heavy (non-hydrogen) atoms. The van der Waals surface area contributed by atoms with Crippen LogP contribution in [0.1, 0.15) is 56.3 Å². The molecule has 0 unspecified atom stereocenters. The van der Waals surface area contributed by atoms with Crippen LogP contribution in [-0.2, 0) is 6.18 Å². The van der Waals surface area contributed by atoms with Gasteiger partial charge in [0.2, 0.25) is 0 Å². The highest BCUT2D eigenvalue weighted by molar-refractivity contribution is 7.71. The molecule has 1 N–H and O–H groups in total. The summed E-state index contributed by atoms with van der Waals surface area (Å²) in [4.78, 5) is 18.9. The molecule has 1 saturated carbocycles. The number of rotatable bonds is 3. The van der Waals surface area contributed by atoms with Crippen molar-refractivity contribution >= 4 is 23.3 Å². The first-order chi connectivity index (χ1) is 10.7. The zero-order chi connectivity index (χ0) is 16.9. The first kappa shape index (κ1) is 16.2. The first-order valence-electron chi connectivity index (χ1n) is 7.50. The van der Waals surface area contributed by atoms with Gasteiger partial charge in [-0.15, -0.1) is 0 Å². The lowest BCUT2D eigenvalue weighted by Crippen LogP contribution is -2.22. The molecule has 2 aromatic heterocycles. The number of alkyl halides is 3. The van der Waals surface area contributed by atoms with E-state index >= 15 is 0 Å². The summed E-state index contributed by atoms with van der Waals surface area (Å²) < 4.78 is 42.0. The molecule has 0 spiro atoms. The van der Waals surface area contributed by atoms with Gasteiger partial charge in [0.25, 0.3) is 5.56 Å². The second-order valence-corrected chi connectivity index (χ2v) is 6.34. The Hall–Kier alpha value is -1.70. The van der Waals surface area contributed by atoms with Crippen molar-refractivity contribution in [3.05, 3.63) is 32.4 Å². The SMILES string of the molecule is CC[C@@H](C)n1c(=S)[nH]c(=O)c2c(C(F)(F)F)cc(C3CC3)nc21. The quantitative estimate of drug-likeness (QED) is 0.845. The van der Waals surface area contributed by atoms with Crippen LogP contribution in [0.25, 0.3) is 11.0 Å². The summed E-state index contributed by atoms with van der Waals surface area (Å²) in [6.45, 7) is 3.74. The Kier molecular flexibility index (Phi) is 3.82. The van der Waals surface area contributed by atoms with Gasteiger partial charge >= 0.3 is 6.18 Å². The van der Waals surface area contributed by atoms with E-state index in [1.165, 1.54) is 4.57 Å². The number of fused-ring (bicyclic) bond motifs is 1. The summed E-state index contributed by atoms with van der Waals surface area (Å²) in [5.41, 5.74) is -1.35. The normalized spacial score (nSPS) is 16.7. The lowest BCUT2D eigenvalue weighted by atomic mass is 10.1. The number of pyridine rings is 1. The highest BCUT2D eigenvalue weighted by Crippen LogP contribution is 2.42. The molecular formula is C15H16F3N3OS. The Morgan fingerprint density at radius 2 is 2.13 bits per heavy atom. The van der Waals surface area contributed by atoms with Gasteiger partial charge in [-0.05, 0) is 44.5 Å². The molecule has 1 aliphatic rings. The summed E-state index contributed by atoms with van der Waals surface area (Å²) in [5.74, 6) is 0.0405. The maximum absolute atomic E-state index is 13.5. The number of hydrogen-bond acceptors (Lipinski definition) is 3. The van der Waals surface area contributed by atoms with E-state index < -0.39 is 22.7 Å². The van der Waals surface area contributed by atoms with Crippen LogP contribution in [0.15, 0.2) is 10.9 Å². The fourth-order valence-corrected chi connectivity index (χ4v) is 3.03. The lowest BCUT2D eigenvalue weighted by Gasteiger charge is -2.19. The van der Waals surface area contributed by atoms with Crippen LogP contribution in [-0.4, -0.2) is 14.5 Å². The Morgan fingerprint density at radius 3 is 2.65 bits per heavy atom. The third-order valence-electron chi connectivity index (χ3n) is 4.25. The molecule has 0 radical (unpaired) electrons. The predicted molar refractivity (Wildman–Crippen MR) is 83.2 cm³/mol. The highest BCUT2D eigenvalue weighted by atomic mass is 32.1. The van der Waals surface area contributed by atoms with Gasteiger partial charge in [0.15, 0.2) is 4.77 Å². The minimum atomic E-state index is -4.62. The van der Waals surface area contributed by atoms with Gasteiger partial charge in [0.05, 0.1) is 10.9 Å². The Labute approximate surface area is 135 Å². The third kappa shape index (κ3) is 2.80. The fraction of sp³-hybridized carbons (Fsp3) is 0.533.